The Bertz CT molecular complexity index is 732. The first kappa shape index (κ1) is 19.9. The van der Waals surface area contributed by atoms with Gasteiger partial charge in [0, 0.05) is 42.8 Å². The summed E-state index contributed by atoms with van der Waals surface area (Å²) in [5.74, 6) is 1.54. The van der Waals surface area contributed by atoms with Crippen LogP contribution in [0.4, 0.5) is 0 Å². The summed E-state index contributed by atoms with van der Waals surface area (Å²) in [6, 6.07) is 17.5. The van der Waals surface area contributed by atoms with Crippen LogP contribution in [-0.4, -0.2) is 30.9 Å². The predicted octanol–water partition coefficient (Wildman–Crippen LogP) is 3.62. The van der Waals surface area contributed by atoms with Crippen molar-refractivity contribution in [1.82, 2.24) is 10.6 Å². The van der Waals surface area contributed by atoms with Crippen molar-refractivity contribution >= 4 is 0 Å². The molecule has 1 heterocycles. The molecule has 0 unspecified atom stereocenters. The van der Waals surface area contributed by atoms with Crippen molar-refractivity contribution in [1.29, 1.82) is 0 Å². The summed E-state index contributed by atoms with van der Waals surface area (Å²) < 4.78 is 5.58. The summed E-state index contributed by atoms with van der Waals surface area (Å²) in [6.07, 6.45) is 0. The topological polar surface area (TPSA) is 53.5 Å². The molecular weight excluding hydrogens is 336 g/mol. The Labute approximate surface area is 163 Å². The van der Waals surface area contributed by atoms with Gasteiger partial charge in [0.2, 0.25) is 0 Å². The average molecular weight is 369 g/mol. The van der Waals surface area contributed by atoms with Gasteiger partial charge in [-0.3, -0.25) is 0 Å². The standard InChI is InChI=1S/C23H32N2O2/c1-15(2)18-10-11-21(27-4)19(12-18)13-24-23-20(14-26)16(3)25-22(23)17-8-6-5-7-9-17/h5-12,15-16,20,22-26H,13-14H2,1-4H3/t16-,20+,22+,23+/m1/s1. The fraction of sp³-hybridized carbons (Fsp3) is 0.478. The molecule has 0 saturated carbocycles. The van der Waals surface area contributed by atoms with E-state index in [2.05, 4.69) is 73.9 Å². The Morgan fingerprint density at radius 1 is 1.15 bits per heavy atom. The smallest absolute Gasteiger partial charge is 0.123 e. The van der Waals surface area contributed by atoms with Crippen LogP contribution in [0, 0.1) is 5.92 Å². The first-order valence-electron chi connectivity index (χ1n) is 9.87. The molecule has 0 bridgehead atoms. The number of methoxy groups -OCH3 is 1. The van der Waals surface area contributed by atoms with Gasteiger partial charge in [0.1, 0.15) is 5.75 Å². The van der Waals surface area contributed by atoms with Crippen molar-refractivity contribution < 1.29 is 9.84 Å². The number of benzene rings is 2. The van der Waals surface area contributed by atoms with Gasteiger partial charge in [0.05, 0.1) is 7.11 Å². The highest BCUT2D eigenvalue weighted by Crippen LogP contribution is 2.32. The second-order valence-electron chi connectivity index (χ2n) is 7.82. The van der Waals surface area contributed by atoms with E-state index in [1.807, 2.05) is 6.07 Å². The molecule has 3 rings (SSSR count). The zero-order chi connectivity index (χ0) is 19.4. The Balaban J connectivity index is 1.82. The number of aliphatic hydroxyl groups excluding tert-OH is 1. The van der Waals surface area contributed by atoms with E-state index >= 15 is 0 Å². The third-order valence-corrected chi connectivity index (χ3v) is 5.77. The largest absolute Gasteiger partial charge is 0.496 e. The van der Waals surface area contributed by atoms with Crippen LogP contribution in [0.25, 0.3) is 0 Å². The van der Waals surface area contributed by atoms with Gasteiger partial charge in [-0.2, -0.15) is 0 Å². The van der Waals surface area contributed by atoms with Crippen molar-refractivity contribution in [2.24, 2.45) is 5.92 Å². The van der Waals surface area contributed by atoms with Gasteiger partial charge in [0.25, 0.3) is 0 Å². The summed E-state index contributed by atoms with van der Waals surface area (Å²) in [7, 11) is 1.72. The maximum atomic E-state index is 9.98. The Kier molecular flexibility index (Phi) is 6.53. The molecule has 1 aliphatic rings. The van der Waals surface area contributed by atoms with Gasteiger partial charge in [-0.15, -0.1) is 0 Å². The Morgan fingerprint density at radius 3 is 2.52 bits per heavy atom. The van der Waals surface area contributed by atoms with Crippen LogP contribution in [0.5, 0.6) is 5.75 Å². The van der Waals surface area contributed by atoms with E-state index in [9.17, 15) is 5.11 Å². The van der Waals surface area contributed by atoms with Crippen molar-refractivity contribution in [3.8, 4) is 5.75 Å². The number of ether oxygens (including phenoxy) is 1. The van der Waals surface area contributed by atoms with E-state index in [0.29, 0.717) is 12.5 Å². The lowest BCUT2D eigenvalue weighted by molar-refractivity contribution is 0.192. The zero-order valence-corrected chi connectivity index (χ0v) is 16.8. The Hall–Kier alpha value is -1.88. The molecule has 0 amide bonds. The molecular formula is C23H32N2O2. The molecule has 4 atom stereocenters. The first-order valence-corrected chi connectivity index (χ1v) is 9.87. The number of hydrogen-bond donors (Lipinski definition) is 3. The average Bonchev–Trinajstić information content (AvgIpc) is 3.01. The molecule has 1 saturated heterocycles. The summed E-state index contributed by atoms with van der Waals surface area (Å²) >= 11 is 0. The Morgan fingerprint density at radius 2 is 1.89 bits per heavy atom. The van der Waals surface area contributed by atoms with Crippen LogP contribution >= 0.6 is 0 Å². The maximum absolute atomic E-state index is 9.98. The SMILES string of the molecule is COc1ccc(C(C)C)cc1CN[C@H]1[C@@H](CO)[C@@H](C)N[C@H]1c1ccccc1. The first-order chi connectivity index (χ1) is 13.0. The molecule has 27 heavy (non-hydrogen) atoms. The molecule has 0 radical (unpaired) electrons. The number of hydrogen-bond acceptors (Lipinski definition) is 4. The minimum absolute atomic E-state index is 0.153. The van der Waals surface area contributed by atoms with Gasteiger partial charge in [-0.1, -0.05) is 56.3 Å². The van der Waals surface area contributed by atoms with Crippen LogP contribution < -0.4 is 15.4 Å². The van der Waals surface area contributed by atoms with Gasteiger partial charge in [0.15, 0.2) is 0 Å². The number of rotatable bonds is 7. The van der Waals surface area contributed by atoms with Gasteiger partial charge in [-0.25, -0.2) is 0 Å². The molecule has 4 heteroatoms. The lowest BCUT2D eigenvalue weighted by Gasteiger charge is -2.26. The third kappa shape index (κ3) is 4.34. The lowest BCUT2D eigenvalue weighted by Crippen LogP contribution is -2.39. The van der Waals surface area contributed by atoms with Crippen molar-refractivity contribution in [3.63, 3.8) is 0 Å². The minimum Gasteiger partial charge on any atom is -0.496 e. The van der Waals surface area contributed by atoms with E-state index in [1.165, 1.54) is 11.1 Å². The second-order valence-corrected chi connectivity index (χ2v) is 7.82. The van der Waals surface area contributed by atoms with Crippen LogP contribution in [0.15, 0.2) is 48.5 Å². The van der Waals surface area contributed by atoms with Gasteiger partial charge >= 0.3 is 0 Å². The fourth-order valence-corrected chi connectivity index (χ4v) is 4.10. The lowest BCUT2D eigenvalue weighted by atomic mass is 9.91. The zero-order valence-electron chi connectivity index (χ0n) is 16.8. The summed E-state index contributed by atoms with van der Waals surface area (Å²) in [5.41, 5.74) is 3.72. The predicted molar refractivity (Wildman–Crippen MR) is 110 cm³/mol. The quantitative estimate of drug-likeness (QED) is 0.699. The summed E-state index contributed by atoms with van der Waals surface area (Å²) in [6.45, 7) is 7.43. The van der Waals surface area contributed by atoms with E-state index in [1.54, 1.807) is 7.11 Å². The van der Waals surface area contributed by atoms with Crippen molar-refractivity contribution in [2.45, 2.75) is 51.4 Å². The van der Waals surface area contributed by atoms with Crippen molar-refractivity contribution in [2.75, 3.05) is 13.7 Å². The highest BCUT2D eigenvalue weighted by atomic mass is 16.5. The van der Waals surface area contributed by atoms with Gasteiger partial charge < -0.3 is 20.5 Å². The van der Waals surface area contributed by atoms with Crippen molar-refractivity contribution in [3.05, 3.63) is 65.2 Å². The normalized spacial score (nSPS) is 25.1. The highest BCUT2D eigenvalue weighted by Gasteiger charge is 2.40. The number of aliphatic hydroxyl groups is 1. The molecule has 2 aromatic rings. The van der Waals surface area contributed by atoms with Crippen LogP contribution in [0.1, 0.15) is 49.4 Å². The van der Waals surface area contributed by atoms with Crippen LogP contribution in [-0.2, 0) is 6.54 Å². The molecule has 0 aliphatic carbocycles. The monoisotopic (exact) mass is 368 g/mol. The third-order valence-electron chi connectivity index (χ3n) is 5.77. The molecule has 2 aromatic carbocycles. The number of nitrogens with one attached hydrogen (secondary N) is 2. The van der Waals surface area contributed by atoms with E-state index in [0.717, 1.165) is 11.3 Å². The minimum atomic E-state index is 0.153. The van der Waals surface area contributed by atoms with Gasteiger partial charge in [-0.05, 0) is 30.0 Å². The molecule has 0 spiro atoms. The highest BCUT2D eigenvalue weighted by molar-refractivity contribution is 5.38. The van der Waals surface area contributed by atoms with E-state index in [-0.39, 0.29) is 30.7 Å². The molecule has 1 aliphatic heterocycles. The molecule has 4 nitrogen and oxygen atoms in total. The van der Waals surface area contributed by atoms with Crippen LogP contribution in [0.2, 0.25) is 0 Å². The van der Waals surface area contributed by atoms with Crippen LogP contribution in [0.3, 0.4) is 0 Å². The molecule has 3 N–H and O–H groups in total. The molecule has 0 aromatic heterocycles. The summed E-state index contributed by atoms with van der Waals surface area (Å²) in [4.78, 5) is 0. The second kappa shape index (κ2) is 8.87. The molecule has 1 fully saturated rings. The maximum Gasteiger partial charge on any atom is 0.123 e. The molecule has 146 valence electrons. The fourth-order valence-electron chi connectivity index (χ4n) is 4.10. The summed E-state index contributed by atoms with van der Waals surface area (Å²) in [5, 5.41) is 17.4. The van der Waals surface area contributed by atoms with E-state index < -0.39 is 0 Å². The van der Waals surface area contributed by atoms with E-state index in [4.69, 9.17) is 4.74 Å².